The maximum absolute atomic E-state index is 13.9. The maximum Gasteiger partial charge on any atom is 0.257 e. The van der Waals surface area contributed by atoms with E-state index < -0.39 is 11.7 Å². The summed E-state index contributed by atoms with van der Waals surface area (Å²) in [5, 5.41) is 8.73. The molecule has 8 heteroatoms. The van der Waals surface area contributed by atoms with E-state index in [1.54, 1.807) is 31.2 Å². The molecular formula is C18H15FN4O3. The molecule has 0 radical (unpaired) electrons. The predicted molar refractivity (Wildman–Crippen MR) is 93.1 cm³/mol. The molecule has 26 heavy (non-hydrogen) atoms. The van der Waals surface area contributed by atoms with Crippen LogP contribution in [0.25, 0.3) is 11.5 Å². The normalized spacial score (nSPS) is 10.4. The lowest BCUT2D eigenvalue weighted by Crippen LogP contribution is -2.13. The Morgan fingerprint density at radius 3 is 2.42 bits per heavy atom. The molecule has 2 aromatic carbocycles. The molecule has 0 bridgehead atoms. The number of aromatic nitrogens is 2. The Balaban J connectivity index is 1.76. The highest BCUT2D eigenvalue weighted by atomic mass is 19.1. The number of anilines is 2. The quantitative estimate of drug-likeness (QED) is 0.748. The second-order valence-corrected chi connectivity index (χ2v) is 5.55. The van der Waals surface area contributed by atoms with E-state index in [0.717, 1.165) is 0 Å². The molecule has 7 nitrogen and oxygen atoms in total. The Bertz CT molecular complexity index is 967. The van der Waals surface area contributed by atoms with Gasteiger partial charge in [-0.2, -0.15) is 4.98 Å². The van der Waals surface area contributed by atoms with Gasteiger partial charge in [0, 0.05) is 23.7 Å². The fourth-order valence-corrected chi connectivity index (χ4v) is 2.28. The molecule has 0 saturated heterocycles. The van der Waals surface area contributed by atoms with Gasteiger partial charge >= 0.3 is 0 Å². The van der Waals surface area contributed by atoms with Crippen molar-refractivity contribution in [2.45, 2.75) is 13.8 Å². The number of hydrogen-bond acceptors (Lipinski definition) is 5. The van der Waals surface area contributed by atoms with Gasteiger partial charge in [0.25, 0.3) is 11.8 Å². The smallest absolute Gasteiger partial charge is 0.257 e. The van der Waals surface area contributed by atoms with Gasteiger partial charge in [-0.1, -0.05) is 5.16 Å². The summed E-state index contributed by atoms with van der Waals surface area (Å²) in [6, 6.07) is 10.4. The van der Waals surface area contributed by atoms with Crippen molar-refractivity contribution in [1.29, 1.82) is 0 Å². The number of amides is 2. The maximum atomic E-state index is 13.9. The lowest BCUT2D eigenvalue weighted by atomic mass is 10.1. The summed E-state index contributed by atoms with van der Waals surface area (Å²) < 4.78 is 19.0. The van der Waals surface area contributed by atoms with E-state index in [9.17, 15) is 14.0 Å². The third-order valence-electron chi connectivity index (χ3n) is 3.46. The second-order valence-electron chi connectivity index (χ2n) is 5.55. The number of carbonyl (C=O) groups excluding carboxylic acids is 2. The number of benzene rings is 2. The predicted octanol–water partition coefficient (Wildman–Crippen LogP) is 3.39. The van der Waals surface area contributed by atoms with E-state index in [4.69, 9.17) is 4.52 Å². The summed E-state index contributed by atoms with van der Waals surface area (Å²) in [4.78, 5) is 27.5. The zero-order chi connectivity index (χ0) is 18.7. The summed E-state index contributed by atoms with van der Waals surface area (Å²) in [5.41, 5.74) is 1.35. The number of hydrogen-bond donors (Lipinski definition) is 2. The van der Waals surface area contributed by atoms with Gasteiger partial charge in [-0.05, 0) is 49.4 Å². The molecule has 0 atom stereocenters. The molecule has 0 unspecified atom stereocenters. The minimum atomic E-state index is -0.606. The number of rotatable bonds is 4. The Morgan fingerprint density at radius 1 is 1.08 bits per heavy atom. The van der Waals surface area contributed by atoms with Crippen LogP contribution in [0.5, 0.6) is 0 Å². The first-order valence-corrected chi connectivity index (χ1v) is 7.71. The number of halogens is 1. The lowest BCUT2D eigenvalue weighted by molar-refractivity contribution is -0.114. The summed E-state index contributed by atoms with van der Waals surface area (Å²) in [7, 11) is 0. The van der Waals surface area contributed by atoms with Crippen LogP contribution in [0.3, 0.4) is 0 Å². The molecular weight excluding hydrogens is 339 g/mol. The third kappa shape index (κ3) is 3.92. The number of nitrogens with one attached hydrogen (secondary N) is 2. The lowest BCUT2D eigenvalue weighted by Gasteiger charge is -2.09. The van der Waals surface area contributed by atoms with Gasteiger partial charge in [-0.15, -0.1) is 0 Å². The topological polar surface area (TPSA) is 97.1 Å². The molecule has 1 aromatic heterocycles. The number of nitrogens with zero attached hydrogens (tertiary/aromatic N) is 2. The molecule has 3 rings (SSSR count). The summed E-state index contributed by atoms with van der Waals surface area (Å²) >= 11 is 0. The van der Waals surface area contributed by atoms with E-state index in [0.29, 0.717) is 28.5 Å². The van der Waals surface area contributed by atoms with Gasteiger partial charge in [-0.3, -0.25) is 9.59 Å². The molecule has 0 fully saturated rings. The number of carbonyl (C=O) groups is 2. The fourth-order valence-electron chi connectivity index (χ4n) is 2.28. The molecule has 0 aliphatic rings. The van der Waals surface area contributed by atoms with E-state index in [-0.39, 0.29) is 11.6 Å². The molecule has 2 amide bonds. The summed E-state index contributed by atoms with van der Waals surface area (Å²) in [6.45, 7) is 3.05. The van der Waals surface area contributed by atoms with Crippen molar-refractivity contribution in [2.75, 3.05) is 10.6 Å². The van der Waals surface area contributed by atoms with Crippen LogP contribution >= 0.6 is 0 Å². The van der Waals surface area contributed by atoms with Gasteiger partial charge in [-0.25, -0.2) is 4.39 Å². The van der Waals surface area contributed by atoms with E-state index in [1.165, 1.54) is 25.1 Å². The summed E-state index contributed by atoms with van der Waals surface area (Å²) in [6.07, 6.45) is 0. The van der Waals surface area contributed by atoms with Crippen LogP contribution in [0.4, 0.5) is 15.8 Å². The first kappa shape index (κ1) is 17.3. The van der Waals surface area contributed by atoms with Crippen LogP contribution in [-0.2, 0) is 4.79 Å². The van der Waals surface area contributed by atoms with Crippen molar-refractivity contribution >= 4 is 23.2 Å². The molecule has 0 saturated carbocycles. The van der Waals surface area contributed by atoms with Crippen molar-refractivity contribution in [3.05, 3.63) is 59.7 Å². The Kier molecular flexibility index (Phi) is 4.74. The van der Waals surface area contributed by atoms with Gasteiger partial charge in [0.05, 0.1) is 5.69 Å². The zero-order valence-corrected chi connectivity index (χ0v) is 14.0. The molecule has 0 spiro atoms. The second kappa shape index (κ2) is 7.14. The molecule has 2 N–H and O–H groups in total. The van der Waals surface area contributed by atoms with Crippen LogP contribution in [0.2, 0.25) is 0 Å². The first-order valence-electron chi connectivity index (χ1n) is 7.71. The Labute approximate surface area is 148 Å². The molecule has 0 aliphatic carbocycles. The first-order chi connectivity index (χ1) is 12.4. The van der Waals surface area contributed by atoms with Crippen LogP contribution < -0.4 is 10.6 Å². The SMILES string of the molecule is CC(=O)Nc1ccc(F)c(NC(=O)c2ccc(-c3nc(C)no3)cc2)c1. The third-order valence-corrected chi connectivity index (χ3v) is 3.46. The molecule has 0 aliphatic heterocycles. The standard InChI is InChI=1S/C18H15FN4O3/c1-10-20-18(26-23-10)13-5-3-12(4-6-13)17(25)22-16-9-14(21-11(2)24)7-8-15(16)19/h3-9H,1-2H3,(H,21,24)(H,22,25). The van der Waals surface area contributed by atoms with Crippen molar-refractivity contribution < 1.29 is 18.5 Å². The highest BCUT2D eigenvalue weighted by molar-refractivity contribution is 6.05. The molecule has 1 heterocycles. The van der Waals surface area contributed by atoms with Crippen LogP contribution in [-0.4, -0.2) is 22.0 Å². The van der Waals surface area contributed by atoms with Gasteiger partial charge in [0.2, 0.25) is 5.91 Å². The van der Waals surface area contributed by atoms with Crippen LogP contribution in [0.1, 0.15) is 23.1 Å². The zero-order valence-electron chi connectivity index (χ0n) is 14.0. The van der Waals surface area contributed by atoms with Crippen molar-refractivity contribution in [3.8, 4) is 11.5 Å². The van der Waals surface area contributed by atoms with E-state index in [1.807, 2.05) is 0 Å². The van der Waals surface area contributed by atoms with Crippen molar-refractivity contribution in [3.63, 3.8) is 0 Å². The average molecular weight is 354 g/mol. The highest BCUT2D eigenvalue weighted by Crippen LogP contribution is 2.22. The van der Waals surface area contributed by atoms with E-state index in [2.05, 4.69) is 20.8 Å². The fraction of sp³-hybridized carbons (Fsp3) is 0.111. The van der Waals surface area contributed by atoms with Gasteiger partial charge in [0.15, 0.2) is 5.82 Å². The van der Waals surface area contributed by atoms with Gasteiger partial charge < -0.3 is 15.2 Å². The van der Waals surface area contributed by atoms with Crippen LogP contribution in [0.15, 0.2) is 47.0 Å². The Morgan fingerprint density at radius 2 is 1.81 bits per heavy atom. The summed E-state index contributed by atoms with van der Waals surface area (Å²) in [5.74, 6) is -0.525. The minimum absolute atomic E-state index is 0.0298. The monoisotopic (exact) mass is 354 g/mol. The van der Waals surface area contributed by atoms with E-state index >= 15 is 0 Å². The highest BCUT2D eigenvalue weighted by Gasteiger charge is 2.12. The van der Waals surface area contributed by atoms with Crippen molar-refractivity contribution in [1.82, 2.24) is 10.1 Å². The van der Waals surface area contributed by atoms with Crippen molar-refractivity contribution in [2.24, 2.45) is 0 Å². The minimum Gasteiger partial charge on any atom is -0.334 e. The number of aryl methyl sites for hydroxylation is 1. The average Bonchev–Trinajstić information content (AvgIpc) is 3.04. The molecule has 132 valence electrons. The molecule has 3 aromatic rings. The Hall–Kier alpha value is -3.55. The van der Waals surface area contributed by atoms with Gasteiger partial charge in [0.1, 0.15) is 5.82 Å². The largest absolute Gasteiger partial charge is 0.334 e. The van der Waals surface area contributed by atoms with Crippen LogP contribution in [0, 0.1) is 12.7 Å².